The number of alkyl halides is 3. The number of rotatable bonds is 4. The fourth-order valence-electron chi connectivity index (χ4n) is 1.91. The van der Waals surface area contributed by atoms with Crippen LogP contribution in [-0.2, 0) is 12.7 Å². The van der Waals surface area contributed by atoms with Gasteiger partial charge in [-0.05, 0) is 43.7 Å². The molecule has 0 saturated carbocycles. The van der Waals surface area contributed by atoms with E-state index in [4.69, 9.17) is 0 Å². The summed E-state index contributed by atoms with van der Waals surface area (Å²) >= 11 is 1.72. The Kier molecular flexibility index (Phi) is 4.50. The van der Waals surface area contributed by atoms with Crippen molar-refractivity contribution < 1.29 is 13.2 Å². The summed E-state index contributed by atoms with van der Waals surface area (Å²) < 4.78 is 37.4. The van der Waals surface area contributed by atoms with Crippen molar-refractivity contribution in [2.75, 3.05) is 0 Å². The number of halogens is 3. The van der Waals surface area contributed by atoms with Gasteiger partial charge < -0.3 is 5.32 Å². The van der Waals surface area contributed by atoms with Crippen molar-refractivity contribution in [1.29, 1.82) is 0 Å². The molecule has 0 spiro atoms. The van der Waals surface area contributed by atoms with Gasteiger partial charge in [0.15, 0.2) is 0 Å². The average Bonchev–Trinajstić information content (AvgIpc) is 2.81. The second-order valence-electron chi connectivity index (χ2n) is 4.73. The van der Waals surface area contributed by atoms with Crippen LogP contribution in [-0.4, -0.2) is 0 Å². The maximum atomic E-state index is 12.5. The number of hydrogen-bond donors (Lipinski definition) is 1. The molecule has 1 nitrogen and oxygen atoms in total. The van der Waals surface area contributed by atoms with Gasteiger partial charge in [-0.25, -0.2) is 0 Å². The summed E-state index contributed by atoms with van der Waals surface area (Å²) in [7, 11) is 0. The standard InChI is InChI=1S/C15H16F3NS/c1-10-3-8-14(20-10)9-19-11(2)12-4-6-13(7-5-12)15(16,17)18/h3-8,11,19H,9H2,1-2H3. The van der Waals surface area contributed by atoms with Gasteiger partial charge in [0.1, 0.15) is 0 Å². The molecule has 0 radical (unpaired) electrons. The van der Waals surface area contributed by atoms with Crippen molar-refractivity contribution in [3.63, 3.8) is 0 Å². The van der Waals surface area contributed by atoms with E-state index in [2.05, 4.69) is 17.4 Å². The molecule has 1 aromatic heterocycles. The van der Waals surface area contributed by atoms with Crippen LogP contribution in [0.3, 0.4) is 0 Å². The number of benzene rings is 1. The Labute approximate surface area is 120 Å². The molecule has 0 bridgehead atoms. The van der Waals surface area contributed by atoms with Crippen LogP contribution in [0.25, 0.3) is 0 Å². The van der Waals surface area contributed by atoms with Crippen molar-refractivity contribution in [3.05, 3.63) is 57.3 Å². The first-order chi connectivity index (χ1) is 9.36. The summed E-state index contributed by atoms with van der Waals surface area (Å²) in [6.45, 7) is 4.72. The highest BCUT2D eigenvalue weighted by Crippen LogP contribution is 2.30. The maximum Gasteiger partial charge on any atom is 0.416 e. The lowest BCUT2D eigenvalue weighted by Gasteiger charge is -2.15. The van der Waals surface area contributed by atoms with Crippen LogP contribution in [0.2, 0.25) is 0 Å². The van der Waals surface area contributed by atoms with E-state index in [0.717, 1.165) is 24.2 Å². The van der Waals surface area contributed by atoms with Gasteiger partial charge in [0.05, 0.1) is 5.56 Å². The minimum absolute atomic E-state index is 0.0136. The molecule has 108 valence electrons. The van der Waals surface area contributed by atoms with E-state index in [1.54, 1.807) is 11.3 Å². The zero-order valence-corrected chi connectivity index (χ0v) is 12.1. The van der Waals surface area contributed by atoms with Crippen LogP contribution in [0.4, 0.5) is 13.2 Å². The van der Waals surface area contributed by atoms with Crippen molar-refractivity contribution in [1.82, 2.24) is 5.32 Å². The molecule has 0 aliphatic rings. The van der Waals surface area contributed by atoms with E-state index in [0.29, 0.717) is 0 Å². The lowest BCUT2D eigenvalue weighted by molar-refractivity contribution is -0.137. The monoisotopic (exact) mass is 299 g/mol. The zero-order chi connectivity index (χ0) is 14.8. The third kappa shape index (κ3) is 3.84. The lowest BCUT2D eigenvalue weighted by Crippen LogP contribution is -2.17. The van der Waals surface area contributed by atoms with Crippen molar-refractivity contribution in [3.8, 4) is 0 Å². The summed E-state index contributed by atoms with van der Waals surface area (Å²) in [6, 6.07) is 9.45. The number of nitrogens with one attached hydrogen (secondary N) is 1. The van der Waals surface area contributed by atoms with Gasteiger partial charge >= 0.3 is 6.18 Å². The topological polar surface area (TPSA) is 12.0 Å². The van der Waals surface area contributed by atoms with Crippen LogP contribution >= 0.6 is 11.3 Å². The Bertz CT molecular complexity index is 557. The van der Waals surface area contributed by atoms with Gasteiger partial charge in [-0.15, -0.1) is 11.3 Å². The van der Waals surface area contributed by atoms with Gasteiger partial charge in [0, 0.05) is 22.3 Å². The molecule has 1 N–H and O–H groups in total. The second kappa shape index (κ2) is 5.97. The van der Waals surface area contributed by atoms with Gasteiger partial charge in [0.2, 0.25) is 0 Å². The zero-order valence-electron chi connectivity index (χ0n) is 11.3. The molecular weight excluding hydrogens is 283 g/mol. The third-order valence-corrected chi connectivity index (χ3v) is 4.12. The average molecular weight is 299 g/mol. The van der Waals surface area contributed by atoms with Crippen LogP contribution in [0.15, 0.2) is 36.4 Å². The van der Waals surface area contributed by atoms with Crippen molar-refractivity contribution >= 4 is 11.3 Å². The summed E-state index contributed by atoms with van der Waals surface area (Å²) in [6.07, 6.45) is -4.27. The molecule has 1 heterocycles. The molecule has 1 unspecified atom stereocenters. The number of hydrogen-bond acceptors (Lipinski definition) is 2. The van der Waals surface area contributed by atoms with E-state index in [9.17, 15) is 13.2 Å². The fraction of sp³-hybridized carbons (Fsp3) is 0.333. The molecule has 20 heavy (non-hydrogen) atoms. The molecule has 0 aliphatic heterocycles. The molecule has 1 atom stereocenters. The van der Waals surface area contributed by atoms with E-state index in [1.807, 2.05) is 13.8 Å². The van der Waals surface area contributed by atoms with E-state index in [1.165, 1.54) is 21.9 Å². The normalized spacial score (nSPS) is 13.4. The maximum absolute atomic E-state index is 12.5. The molecule has 0 amide bonds. The highest BCUT2D eigenvalue weighted by atomic mass is 32.1. The minimum Gasteiger partial charge on any atom is -0.305 e. The first-order valence-electron chi connectivity index (χ1n) is 6.32. The number of aryl methyl sites for hydroxylation is 1. The molecule has 5 heteroatoms. The van der Waals surface area contributed by atoms with E-state index in [-0.39, 0.29) is 6.04 Å². The predicted octanol–water partition coefficient (Wildman–Crippen LogP) is 4.93. The van der Waals surface area contributed by atoms with Gasteiger partial charge in [-0.3, -0.25) is 0 Å². The molecule has 1 aromatic carbocycles. The largest absolute Gasteiger partial charge is 0.416 e. The Balaban J connectivity index is 1.97. The van der Waals surface area contributed by atoms with Gasteiger partial charge in [-0.1, -0.05) is 12.1 Å². The first kappa shape index (κ1) is 15.1. The van der Waals surface area contributed by atoms with E-state index >= 15 is 0 Å². The summed E-state index contributed by atoms with van der Waals surface area (Å²) in [5, 5.41) is 3.32. The molecule has 0 fully saturated rings. The summed E-state index contributed by atoms with van der Waals surface area (Å²) in [5.41, 5.74) is 0.244. The van der Waals surface area contributed by atoms with Crippen molar-refractivity contribution in [2.45, 2.75) is 32.6 Å². The molecular formula is C15H16F3NS. The Morgan fingerprint density at radius 1 is 1.10 bits per heavy atom. The third-order valence-electron chi connectivity index (χ3n) is 3.12. The van der Waals surface area contributed by atoms with Crippen LogP contribution in [0, 0.1) is 6.92 Å². The highest BCUT2D eigenvalue weighted by Gasteiger charge is 2.30. The Hall–Kier alpha value is -1.33. The predicted molar refractivity (Wildman–Crippen MR) is 75.8 cm³/mol. The summed E-state index contributed by atoms with van der Waals surface area (Å²) in [4.78, 5) is 2.48. The van der Waals surface area contributed by atoms with Crippen molar-refractivity contribution in [2.24, 2.45) is 0 Å². The highest BCUT2D eigenvalue weighted by molar-refractivity contribution is 7.11. The SMILES string of the molecule is Cc1ccc(CNC(C)c2ccc(C(F)(F)F)cc2)s1. The molecule has 0 aliphatic carbocycles. The molecule has 0 saturated heterocycles. The molecule has 2 aromatic rings. The van der Waals surface area contributed by atoms with Gasteiger partial charge in [0.25, 0.3) is 0 Å². The van der Waals surface area contributed by atoms with Crippen LogP contribution in [0.5, 0.6) is 0 Å². The van der Waals surface area contributed by atoms with Gasteiger partial charge in [-0.2, -0.15) is 13.2 Å². The number of thiophene rings is 1. The van der Waals surface area contributed by atoms with Crippen LogP contribution < -0.4 is 5.32 Å². The first-order valence-corrected chi connectivity index (χ1v) is 7.14. The second-order valence-corrected chi connectivity index (χ2v) is 6.11. The Morgan fingerprint density at radius 2 is 1.75 bits per heavy atom. The Morgan fingerprint density at radius 3 is 2.25 bits per heavy atom. The lowest BCUT2D eigenvalue weighted by atomic mass is 10.1. The quantitative estimate of drug-likeness (QED) is 0.844. The fourth-order valence-corrected chi connectivity index (χ4v) is 2.75. The van der Waals surface area contributed by atoms with E-state index < -0.39 is 11.7 Å². The van der Waals surface area contributed by atoms with Crippen LogP contribution in [0.1, 0.15) is 33.8 Å². The molecule has 2 rings (SSSR count). The smallest absolute Gasteiger partial charge is 0.305 e. The summed E-state index contributed by atoms with van der Waals surface area (Å²) in [5.74, 6) is 0. The minimum atomic E-state index is -4.27.